The van der Waals surface area contributed by atoms with E-state index < -0.39 is 9.84 Å². The van der Waals surface area contributed by atoms with E-state index in [1.807, 2.05) is 0 Å². The average molecular weight is 291 g/mol. The maximum atomic E-state index is 11.4. The minimum absolute atomic E-state index is 0.0415. The molecule has 0 saturated heterocycles. The third-order valence-corrected chi connectivity index (χ3v) is 6.03. The fourth-order valence-electron chi connectivity index (χ4n) is 3.03. The van der Waals surface area contributed by atoms with Gasteiger partial charge in [-0.25, -0.2) is 8.42 Å². The summed E-state index contributed by atoms with van der Waals surface area (Å²) in [5.41, 5.74) is 6.21. The highest BCUT2D eigenvalue weighted by Crippen LogP contribution is 2.29. The molecule has 2 atom stereocenters. The van der Waals surface area contributed by atoms with Crippen molar-refractivity contribution in [2.24, 2.45) is 11.7 Å². The van der Waals surface area contributed by atoms with E-state index in [1.54, 1.807) is 14.0 Å². The second-order valence-electron chi connectivity index (χ2n) is 5.64. The van der Waals surface area contributed by atoms with Crippen molar-refractivity contribution >= 4 is 9.84 Å². The zero-order valence-electron chi connectivity index (χ0n) is 12.3. The molecule has 4 nitrogen and oxygen atoms in total. The Morgan fingerprint density at radius 1 is 1.26 bits per heavy atom. The Bertz CT molecular complexity index is 337. The first-order valence-corrected chi connectivity index (χ1v) is 9.31. The molecule has 2 unspecified atom stereocenters. The van der Waals surface area contributed by atoms with Crippen LogP contribution in [0.5, 0.6) is 0 Å². The van der Waals surface area contributed by atoms with Crippen molar-refractivity contribution in [3.05, 3.63) is 0 Å². The van der Waals surface area contributed by atoms with Crippen molar-refractivity contribution in [3.8, 4) is 0 Å². The Hall–Kier alpha value is -0.130. The molecule has 0 bridgehead atoms. The Labute approximate surface area is 118 Å². The predicted molar refractivity (Wildman–Crippen MR) is 78.9 cm³/mol. The van der Waals surface area contributed by atoms with Crippen molar-refractivity contribution < 1.29 is 13.2 Å². The van der Waals surface area contributed by atoms with Crippen LogP contribution in [0.4, 0.5) is 0 Å². The monoisotopic (exact) mass is 291 g/mol. The van der Waals surface area contributed by atoms with Gasteiger partial charge in [0.15, 0.2) is 0 Å². The highest BCUT2D eigenvalue weighted by Gasteiger charge is 2.28. The van der Waals surface area contributed by atoms with Crippen molar-refractivity contribution in [2.75, 3.05) is 18.6 Å². The van der Waals surface area contributed by atoms with E-state index in [0.29, 0.717) is 12.3 Å². The molecule has 2 N–H and O–H groups in total. The Morgan fingerprint density at radius 2 is 1.89 bits per heavy atom. The van der Waals surface area contributed by atoms with Crippen LogP contribution in [0.1, 0.15) is 51.9 Å². The molecule has 1 fully saturated rings. The molecule has 0 spiro atoms. The lowest BCUT2D eigenvalue weighted by atomic mass is 9.82. The summed E-state index contributed by atoms with van der Waals surface area (Å²) in [6, 6.07) is -0.0415. The van der Waals surface area contributed by atoms with Crippen molar-refractivity contribution in [2.45, 2.75) is 64.0 Å². The van der Waals surface area contributed by atoms with E-state index in [4.69, 9.17) is 10.5 Å². The number of nitrogens with two attached hydrogens (primary N) is 1. The zero-order valence-corrected chi connectivity index (χ0v) is 13.1. The molecule has 0 aromatic carbocycles. The molecule has 19 heavy (non-hydrogen) atoms. The van der Waals surface area contributed by atoms with Gasteiger partial charge in [0.2, 0.25) is 0 Å². The fraction of sp³-hybridized carbons (Fsp3) is 1.00. The molecule has 0 radical (unpaired) electrons. The van der Waals surface area contributed by atoms with Gasteiger partial charge in [0.25, 0.3) is 0 Å². The smallest absolute Gasteiger partial charge is 0.150 e. The van der Waals surface area contributed by atoms with Crippen LogP contribution in [-0.2, 0) is 14.6 Å². The number of hydrogen-bond donors (Lipinski definition) is 1. The summed E-state index contributed by atoms with van der Waals surface area (Å²) in [7, 11) is -1.14. The van der Waals surface area contributed by atoms with E-state index >= 15 is 0 Å². The number of rotatable bonds is 8. The van der Waals surface area contributed by atoms with Gasteiger partial charge in [-0.05, 0) is 31.6 Å². The SMILES string of the molecule is CCS(=O)(=O)CCCC(N)C(OC)C1CCCCC1. The topological polar surface area (TPSA) is 69.4 Å². The number of methoxy groups -OCH3 is 1. The largest absolute Gasteiger partial charge is 0.380 e. The molecule has 0 aromatic rings. The normalized spacial score (nSPS) is 21.2. The fourth-order valence-corrected chi connectivity index (χ4v) is 3.92. The van der Waals surface area contributed by atoms with Crippen molar-refractivity contribution in [1.82, 2.24) is 0 Å². The van der Waals surface area contributed by atoms with E-state index in [-0.39, 0.29) is 23.7 Å². The van der Waals surface area contributed by atoms with Crippen LogP contribution in [0.3, 0.4) is 0 Å². The number of sulfone groups is 1. The van der Waals surface area contributed by atoms with Gasteiger partial charge in [-0.1, -0.05) is 26.2 Å². The Morgan fingerprint density at radius 3 is 2.42 bits per heavy atom. The molecule has 0 amide bonds. The maximum absolute atomic E-state index is 11.4. The van der Waals surface area contributed by atoms with E-state index in [1.165, 1.54) is 32.1 Å². The Kier molecular flexibility index (Phi) is 7.32. The molecule has 1 saturated carbocycles. The van der Waals surface area contributed by atoms with Gasteiger partial charge >= 0.3 is 0 Å². The standard InChI is InChI=1S/C14H29NO3S/c1-3-19(16,17)11-7-10-13(15)14(18-2)12-8-5-4-6-9-12/h12-14H,3-11,15H2,1-2H3. The second kappa shape index (κ2) is 8.22. The van der Waals surface area contributed by atoms with E-state index in [9.17, 15) is 8.42 Å². The molecule has 0 aliphatic heterocycles. The van der Waals surface area contributed by atoms with Crippen LogP contribution in [0.25, 0.3) is 0 Å². The van der Waals surface area contributed by atoms with Crippen LogP contribution in [0, 0.1) is 5.92 Å². The average Bonchev–Trinajstić information content (AvgIpc) is 2.40. The molecule has 0 aromatic heterocycles. The van der Waals surface area contributed by atoms with E-state index in [0.717, 1.165) is 6.42 Å². The minimum atomic E-state index is -2.87. The zero-order chi connectivity index (χ0) is 14.3. The highest BCUT2D eigenvalue weighted by atomic mass is 32.2. The van der Waals surface area contributed by atoms with Gasteiger partial charge in [0, 0.05) is 18.9 Å². The number of ether oxygens (including phenoxy) is 1. The molecule has 1 aliphatic rings. The van der Waals surface area contributed by atoms with Crippen LogP contribution in [-0.4, -0.2) is 39.2 Å². The third-order valence-electron chi connectivity index (χ3n) is 4.24. The van der Waals surface area contributed by atoms with Crippen LogP contribution in [0.2, 0.25) is 0 Å². The molecule has 0 heterocycles. The first-order chi connectivity index (χ1) is 9.00. The summed E-state index contributed by atoms with van der Waals surface area (Å²) in [5.74, 6) is 1.02. The van der Waals surface area contributed by atoms with Crippen LogP contribution >= 0.6 is 0 Å². The first-order valence-electron chi connectivity index (χ1n) is 7.49. The van der Waals surface area contributed by atoms with Crippen LogP contribution < -0.4 is 5.73 Å². The molecule has 1 aliphatic carbocycles. The maximum Gasteiger partial charge on any atom is 0.150 e. The molecule has 5 heteroatoms. The Balaban J connectivity index is 2.38. The summed E-state index contributed by atoms with van der Waals surface area (Å²) in [6.07, 6.45) is 7.70. The molecule has 1 rings (SSSR count). The lowest BCUT2D eigenvalue weighted by Gasteiger charge is -2.33. The van der Waals surface area contributed by atoms with Gasteiger partial charge in [-0.2, -0.15) is 0 Å². The predicted octanol–water partition coefficient (Wildman–Crippen LogP) is 2.12. The van der Waals surface area contributed by atoms with Gasteiger partial charge < -0.3 is 10.5 Å². The summed E-state index contributed by atoms with van der Waals surface area (Å²) >= 11 is 0. The van der Waals surface area contributed by atoms with Crippen LogP contribution in [0.15, 0.2) is 0 Å². The summed E-state index contributed by atoms with van der Waals surface area (Å²) in [4.78, 5) is 0. The minimum Gasteiger partial charge on any atom is -0.380 e. The summed E-state index contributed by atoms with van der Waals surface area (Å²) in [5, 5.41) is 0. The summed E-state index contributed by atoms with van der Waals surface area (Å²) < 4.78 is 28.5. The van der Waals surface area contributed by atoms with Gasteiger partial charge in [-0.3, -0.25) is 0 Å². The van der Waals surface area contributed by atoms with Gasteiger partial charge in [0.1, 0.15) is 9.84 Å². The van der Waals surface area contributed by atoms with Gasteiger partial charge in [0.05, 0.1) is 11.9 Å². The molecular weight excluding hydrogens is 262 g/mol. The lowest BCUT2D eigenvalue weighted by molar-refractivity contribution is 0.0158. The van der Waals surface area contributed by atoms with Crippen molar-refractivity contribution in [3.63, 3.8) is 0 Å². The highest BCUT2D eigenvalue weighted by molar-refractivity contribution is 7.91. The first kappa shape index (κ1) is 16.9. The second-order valence-corrected chi connectivity index (χ2v) is 8.11. The number of hydrogen-bond acceptors (Lipinski definition) is 4. The van der Waals surface area contributed by atoms with E-state index in [2.05, 4.69) is 0 Å². The molecule has 114 valence electrons. The van der Waals surface area contributed by atoms with Gasteiger partial charge in [-0.15, -0.1) is 0 Å². The third kappa shape index (κ3) is 5.79. The lowest BCUT2D eigenvalue weighted by Crippen LogP contribution is -2.42. The summed E-state index contributed by atoms with van der Waals surface area (Å²) in [6.45, 7) is 1.69. The quantitative estimate of drug-likeness (QED) is 0.743. The molecular formula is C14H29NO3S. The van der Waals surface area contributed by atoms with Crippen molar-refractivity contribution in [1.29, 1.82) is 0 Å².